The maximum atomic E-state index is 12.4. The standard InChI is InChI=1S/C13H16N4O/c14-10-4-3-6-16(9-10)13(18)11-8-15-17-7-2-1-5-12(11)17/h1-2,5,7-8,10H,3-4,6,9,14H2. The van der Waals surface area contributed by atoms with E-state index in [1.54, 1.807) is 10.7 Å². The zero-order valence-electron chi connectivity index (χ0n) is 10.1. The molecule has 2 aromatic heterocycles. The first-order valence-electron chi connectivity index (χ1n) is 6.23. The van der Waals surface area contributed by atoms with Crippen LogP contribution in [0.25, 0.3) is 5.52 Å². The zero-order chi connectivity index (χ0) is 12.5. The maximum Gasteiger partial charge on any atom is 0.257 e. The molecule has 1 unspecified atom stereocenters. The molecule has 0 spiro atoms. The number of nitrogens with two attached hydrogens (primary N) is 1. The van der Waals surface area contributed by atoms with Gasteiger partial charge in [0.05, 0.1) is 17.3 Å². The largest absolute Gasteiger partial charge is 0.337 e. The number of pyridine rings is 1. The highest BCUT2D eigenvalue weighted by Crippen LogP contribution is 2.16. The van der Waals surface area contributed by atoms with Crippen LogP contribution >= 0.6 is 0 Å². The van der Waals surface area contributed by atoms with Gasteiger partial charge >= 0.3 is 0 Å². The summed E-state index contributed by atoms with van der Waals surface area (Å²) in [4.78, 5) is 14.3. The van der Waals surface area contributed by atoms with Gasteiger partial charge in [0.15, 0.2) is 0 Å². The average molecular weight is 244 g/mol. The summed E-state index contributed by atoms with van der Waals surface area (Å²) in [7, 11) is 0. The number of carbonyl (C=O) groups is 1. The van der Waals surface area contributed by atoms with E-state index in [2.05, 4.69) is 5.10 Å². The third-order valence-electron chi connectivity index (χ3n) is 3.40. The third-order valence-corrected chi connectivity index (χ3v) is 3.40. The first kappa shape index (κ1) is 11.2. The van der Waals surface area contributed by atoms with E-state index < -0.39 is 0 Å². The summed E-state index contributed by atoms with van der Waals surface area (Å²) in [6.45, 7) is 1.43. The molecule has 0 bridgehead atoms. The highest BCUT2D eigenvalue weighted by Gasteiger charge is 2.24. The van der Waals surface area contributed by atoms with Crippen LogP contribution in [-0.2, 0) is 0 Å². The Bertz CT molecular complexity index is 577. The van der Waals surface area contributed by atoms with Gasteiger partial charge in [-0.25, -0.2) is 4.52 Å². The molecule has 1 aliphatic rings. The van der Waals surface area contributed by atoms with Crippen molar-refractivity contribution in [3.63, 3.8) is 0 Å². The predicted octanol–water partition coefficient (Wildman–Crippen LogP) is 0.898. The van der Waals surface area contributed by atoms with Crippen LogP contribution in [0.3, 0.4) is 0 Å². The first-order valence-corrected chi connectivity index (χ1v) is 6.23. The fraction of sp³-hybridized carbons (Fsp3) is 0.385. The smallest absolute Gasteiger partial charge is 0.257 e. The molecule has 0 saturated carbocycles. The first-order chi connectivity index (χ1) is 8.75. The molecule has 1 amide bonds. The Labute approximate surface area is 105 Å². The maximum absolute atomic E-state index is 12.4. The molecule has 0 aromatic carbocycles. The van der Waals surface area contributed by atoms with Crippen molar-refractivity contribution in [1.29, 1.82) is 0 Å². The molecule has 1 atom stereocenters. The van der Waals surface area contributed by atoms with Crippen LogP contribution in [-0.4, -0.2) is 39.6 Å². The number of hydrogen-bond acceptors (Lipinski definition) is 3. The van der Waals surface area contributed by atoms with Crippen molar-refractivity contribution in [2.45, 2.75) is 18.9 Å². The molecule has 5 heteroatoms. The number of aromatic nitrogens is 2. The third kappa shape index (κ3) is 1.86. The molecular weight excluding hydrogens is 228 g/mol. The van der Waals surface area contributed by atoms with E-state index in [4.69, 9.17) is 5.73 Å². The van der Waals surface area contributed by atoms with Crippen LogP contribution in [0.5, 0.6) is 0 Å². The van der Waals surface area contributed by atoms with Crippen molar-refractivity contribution < 1.29 is 4.79 Å². The van der Waals surface area contributed by atoms with Crippen LogP contribution in [0, 0.1) is 0 Å². The van der Waals surface area contributed by atoms with Gasteiger partial charge < -0.3 is 10.6 Å². The Morgan fingerprint density at radius 1 is 1.44 bits per heavy atom. The molecule has 3 heterocycles. The van der Waals surface area contributed by atoms with Crippen LogP contribution in [0.4, 0.5) is 0 Å². The van der Waals surface area contributed by atoms with Gasteiger partial charge in [0.2, 0.25) is 0 Å². The number of amides is 1. The van der Waals surface area contributed by atoms with Crippen LogP contribution in [0.15, 0.2) is 30.6 Å². The van der Waals surface area contributed by atoms with Crippen molar-refractivity contribution in [3.8, 4) is 0 Å². The molecule has 18 heavy (non-hydrogen) atoms. The number of carbonyl (C=O) groups excluding carboxylic acids is 1. The number of rotatable bonds is 1. The highest BCUT2D eigenvalue weighted by molar-refractivity contribution is 6.00. The molecule has 2 N–H and O–H groups in total. The topological polar surface area (TPSA) is 63.6 Å². The Balaban J connectivity index is 1.92. The van der Waals surface area contributed by atoms with Crippen molar-refractivity contribution in [2.24, 2.45) is 5.73 Å². The van der Waals surface area contributed by atoms with E-state index in [0.717, 1.165) is 24.9 Å². The lowest BCUT2D eigenvalue weighted by Crippen LogP contribution is -2.45. The molecular formula is C13H16N4O. The second-order valence-electron chi connectivity index (χ2n) is 4.74. The van der Waals surface area contributed by atoms with Gasteiger partial charge in [-0.2, -0.15) is 5.10 Å². The van der Waals surface area contributed by atoms with E-state index >= 15 is 0 Å². The van der Waals surface area contributed by atoms with Crippen LogP contribution in [0.1, 0.15) is 23.2 Å². The Kier molecular flexibility index (Phi) is 2.76. The molecule has 0 aliphatic carbocycles. The normalized spacial score (nSPS) is 20.3. The Hall–Kier alpha value is -1.88. The van der Waals surface area contributed by atoms with E-state index in [-0.39, 0.29) is 11.9 Å². The van der Waals surface area contributed by atoms with Gasteiger partial charge in [-0.15, -0.1) is 0 Å². The molecule has 1 fully saturated rings. The van der Waals surface area contributed by atoms with Crippen molar-refractivity contribution in [2.75, 3.05) is 13.1 Å². The number of nitrogens with zero attached hydrogens (tertiary/aromatic N) is 3. The van der Waals surface area contributed by atoms with Crippen molar-refractivity contribution in [3.05, 3.63) is 36.2 Å². The summed E-state index contributed by atoms with van der Waals surface area (Å²) in [6.07, 6.45) is 5.45. The van der Waals surface area contributed by atoms with Gasteiger partial charge in [-0.05, 0) is 25.0 Å². The molecule has 94 valence electrons. The minimum Gasteiger partial charge on any atom is -0.337 e. The van der Waals surface area contributed by atoms with Crippen molar-refractivity contribution >= 4 is 11.4 Å². The number of hydrogen-bond donors (Lipinski definition) is 1. The second-order valence-corrected chi connectivity index (χ2v) is 4.74. The van der Waals surface area contributed by atoms with Gasteiger partial charge in [-0.1, -0.05) is 6.07 Å². The summed E-state index contributed by atoms with van der Waals surface area (Å²) in [6, 6.07) is 5.81. The van der Waals surface area contributed by atoms with Gasteiger partial charge in [0.1, 0.15) is 0 Å². The summed E-state index contributed by atoms with van der Waals surface area (Å²) >= 11 is 0. The summed E-state index contributed by atoms with van der Waals surface area (Å²) in [5.41, 5.74) is 7.42. The molecule has 5 nitrogen and oxygen atoms in total. The highest BCUT2D eigenvalue weighted by atomic mass is 16.2. The lowest BCUT2D eigenvalue weighted by atomic mass is 10.1. The lowest BCUT2D eigenvalue weighted by molar-refractivity contribution is 0.0711. The molecule has 0 radical (unpaired) electrons. The average Bonchev–Trinajstić information content (AvgIpc) is 2.82. The van der Waals surface area contributed by atoms with Gasteiger partial charge in [0, 0.05) is 25.3 Å². The SMILES string of the molecule is NC1CCCN(C(=O)c2cnn3ccccc23)C1. The minimum absolute atomic E-state index is 0.0337. The van der Waals surface area contributed by atoms with E-state index in [0.29, 0.717) is 12.1 Å². The quantitative estimate of drug-likeness (QED) is 0.810. The van der Waals surface area contributed by atoms with Crippen molar-refractivity contribution in [1.82, 2.24) is 14.5 Å². The number of likely N-dealkylation sites (tertiary alicyclic amines) is 1. The number of fused-ring (bicyclic) bond motifs is 1. The number of piperidine rings is 1. The molecule has 1 aliphatic heterocycles. The second kappa shape index (κ2) is 4.42. The van der Waals surface area contributed by atoms with Gasteiger partial charge in [0.25, 0.3) is 5.91 Å². The molecule has 2 aromatic rings. The summed E-state index contributed by atoms with van der Waals surface area (Å²) < 4.78 is 1.72. The fourth-order valence-electron chi connectivity index (χ4n) is 2.46. The van der Waals surface area contributed by atoms with Crippen LogP contribution in [0.2, 0.25) is 0 Å². The Morgan fingerprint density at radius 2 is 2.33 bits per heavy atom. The summed E-state index contributed by atoms with van der Waals surface area (Å²) in [5, 5.41) is 4.19. The summed E-state index contributed by atoms with van der Waals surface area (Å²) in [5.74, 6) is 0.0337. The zero-order valence-corrected chi connectivity index (χ0v) is 10.1. The fourth-order valence-corrected chi connectivity index (χ4v) is 2.46. The lowest BCUT2D eigenvalue weighted by Gasteiger charge is -2.30. The molecule has 3 rings (SSSR count). The monoisotopic (exact) mass is 244 g/mol. The Morgan fingerprint density at radius 3 is 3.17 bits per heavy atom. The van der Waals surface area contributed by atoms with E-state index in [9.17, 15) is 4.79 Å². The van der Waals surface area contributed by atoms with E-state index in [1.165, 1.54) is 0 Å². The van der Waals surface area contributed by atoms with Crippen LogP contribution < -0.4 is 5.73 Å². The van der Waals surface area contributed by atoms with Gasteiger partial charge in [-0.3, -0.25) is 4.79 Å². The van der Waals surface area contributed by atoms with E-state index in [1.807, 2.05) is 29.3 Å². The molecule has 1 saturated heterocycles. The minimum atomic E-state index is 0.0337. The predicted molar refractivity (Wildman–Crippen MR) is 68.3 cm³/mol.